The van der Waals surface area contributed by atoms with Crippen molar-refractivity contribution in [1.29, 1.82) is 0 Å². The average molecular weight is 318 g/mol. The summed E-state index contributed by atoms with van der Waals surface area (Å²) in [5.74, 6) is 0. The van der Waals surface area contributed by atoms with Crippen molar-refractivity contribution in [1.82, 2.24) is 20.1 Å². The molecule has 5 heteroatoms. The zero-order valence-electron chi connectivity index (χ0n) is 14.7. The van der Waals surface area contributed by atoms with Gasteiger partial charge in [-0.1, -0.05) is 19.4 Å². The Hall–Kier alpha value is -1.62. The first kappa shape index (κ1) is 17.7. The van der Waals surface area contributed by atoms with Crippen LogP contribution in [0.25, 0.3) is 0 Å². The molecule has 0 unspecified atom stereocenters. The zero-order valence-corrected chi connectivity index (χ0v) is 14.7. The van der Waals surface area contributed by atoms with Crippen molar-refractivity contribution in [2.45, 2.75) is 51.6 Å². The maximum absolute atomic E-state index is 12.3. The summed E-state index contributed by atoms with van der Waals surface area (Å²) in [7, 11) is 1.82. The summed E-state index contributed by atoms with van der Waals surface area (Å²) >= 11 is 0. The van der Waals surface area contributed by atoms with Crippen LogP contribution < -0.4 is 5.32 Å². The first-order valence-corrected chi connectivity index (χ1v) is 8.79. The van der Waals surface area contributed by atoms with Crippen molar-refractivity contribution < 1.29 is 4.79 Å². The summed E-state index contributed by atoms with van der Waals surface area (Å²) in [6.07, 6.45) is 6.87. The third kappa shape index (κ3) is 4.93. The standard InChI is InChI=1S/C18H30N4O/c1-4-16-9-6-8-13-22(16)14-12-20-18(23)21(3)15(2)17-10-5-7-11-19-17/h5,7,10-11,15-16H,4,6,8-9,12-14H2,1-3H3,(H,20,23)/t15-,16-/m1/s1. The number of carbonyl (C=O) groups excluding carboxylic acids is 1. The van der Waals surface area contributed by atoms with E-state index in [1.807, 2.05) is 32.2 Å². The van der Waals surface area contributed by atoms with Crippen LogP contribution in [0.2, 0.25) is 0 Å². The molecule has 0 aromatic carbocycles. The largest absolute Gasteiger partial charge is 0.337 e. The number of likely N-dealkylation sites (tertiary alicyclic amines) is 1. The van der Waals surface area contributed by atoms with Gasteiger partial charge in [-0.15, -0.1) is 0 Å². The first-order chi connectivity index (χ1) is 11.1. The van der Waals surface area contributed by atoms with E-state index >= 15 is 0 Å². The van der Waals surface area contributed by atoms with Crippen LogP contribution in [0.4, 0.5) is 4.79 Å². The molecule has 1 saturated heterocycles. The van der Waals surface area contributed by atoms with Crippen molar-refractivity contribution in [2.75, 3.05) is 26.7 Å². The van der Waals surface area contributed by atoms with Crippen LogP contribution in [-0.4, -0.2) is 53.5 Å². The topological polar surface area (TPSA) is 48.5 Å². The maximum Gasteiger partial charge on any atom is 0.317 e. The molecule has 0 radical (unpaired) electrons. The molecule has 2 heterocycles. The van der Waals surface area contributed by atoms with Gasteiger partial charge in [0.15, 0.2) is 0 Å². The summed E-state index contributed by atoms with van der Waals surface area (Å²) in [5, 5.41) is 3.04. The van der Waals surface area contributed by atoms with Crippen LogP contribution in [0.1, 0.15) is 51.3 Å². The Morgan fingerprint density at radius 3 is 3.00 bits per heavy atom. The molecule has 2 amide bonds. The molecule has 2 atom stereocenters. The van der Waals surface area contributed by atoms with Gasteiger partial charge in [-0.3, -0.25) is 9.88 Å². The van der Waals surface area contributed by atoms with Crippen LogP contribution in [0.15, 0.2) is 24.4 Å². The van der Waals surface area contributed by atoms with Gasteiger partial charge in [-0.05, 0) is 44.9 Å². The van der Waals surface area contributed by atoms with E-state index < -0.39 is 0 Å². The van der Waals surface area contributed by atoms with E-state index in [2.05, 4.69) is 22.1 Å². The lowest BCUT2D eigenvalue weighted by molar-refractivity contribution is 0.142. The SMILES string of the molecule is CC[C@@H]1CCCCN1CCNC(=O)N(C)[C@H](C)c1ccccn1. The highest BCUT2D eigenvalue weighted by Crippen LogP contribution is 2.19. The molecule has 23 heavy (non-hydrogen) atoms. The molecule has 5 nitrogen and oxygen atoms in total. The van der Waals surface area contributed by atoms with Crippen molar-refractivity contribution in [3.63, 3.8) is 0 Å². The van der Waals surface area contributed by atoms with Crippen LogP contribution in [-0.2, 0) is 0 Å². The van der Waals surface area contributed by atoms with Crippen LogP contribution in [0, 0.1) is 0 Å². The second-order valence-electron chi connectivity index (χ2n) is 6.37. The minimum Gasteiger partial charge on any atom is -0.337 e. The summed E-state index contributed by atoms with van der Waals surface area (Å²) in [6.45, 7) is 7.06. The molecule has 2 rings (SSSR count). The molecular formula is C18H30N4O. The predicted octanol–water partition coefficient (Wildman–Crippen LogP) is 3.05. The van der Waals surface area contributed by atoms with Gasteiger partial charge in [0.1, 0.15) is 0 Å². The summed E-state index contributed by atoms with van der Waals surface area (Å²) in [5.41, 5.74) is 0.909. The van der Waals surface area contributed by atoms with Gasteiger partial charge in [0.05, 0.1) is 11.7 Å². The third-order valence-corrected chi connectivity index (χ3v) is 4.91. The highest BCUT2D eigenvalue weighted by Gasteiger charge is 2.21. The number of pyridine rings is 1. The van der Waals surface area contributed by atoms with Crippen LogP contribution >= 0.6 is 0 Å². The fourth-order valence-electron chi connectivity index (χ4n) is 3.25. The number of amides is 2. The Kier molecular flexibility index (Phi) is 6.84. The van der Waals surface area contributed by atoms with Gasteiger partial charge in [0.2, 0.25) is 0 Å². The monoisotopic (exact) mass is 318 g/mol. The molecule has 1 aromatic heterocycles. The number of aromatic nitrogens is 1. The molecule has 0 bridgehead atoms. The Morgan fingerprint density at radius 1 is 1.48 bits per heavy atom. The smallest absolute Gasteiger partial charge is 0.317 e. The van der Waals surface area contributed by atoms with E-state index in [1.54, 1.807) is 11.1 Å². The highest BCUT2D eigenvalue weighted by molar-refractivity contribution is 5.74. The van der Waals surface area contributed by atoms with Crippen molar-refractivity contribution in [2.24, 2.45) is 0 Å². The number of piperidine rings is 1. The lowest BCUT2D eigenvalue weighted by Crippen LogP contribution is -2.46. The van der Waals surface area contributed by atoms with Gasteiger partial charge in [0.25, 0.3) is 0 Å². The fraction of sp³-hybridized carbons (Fsp3) is 0.667. The lowest BCUT2D eigenvalue weighted by atomic mass is 10.0. The first-order valence-electron chi connectivity index (χ1n) is 8.79. The quantitative estimate of drug-likeness (QED) is 0.877. The molecular weight excluding hydrogens is 288 g/mol. The molecule has 0 aliphatic carbocycles. The Bertz CT molecular complexity index is 479. The molecule has 1 fully saturated rings. The van der Waals surface area contributed by atoms with E-state index in [9.17, 15) is 4.79 Å². The van der Waals surface area contributed by atoms with Crippen molar-refractivity contribution >= 4 is 6.03 Å². The molecule has 128 valence electrons. The van der Waals surface area contributed by atoms with E-state index in [0.29, 0.717) is 12.6 Å². The number of carbonyl (C=O) groups is 1. The maximum atomic E-state index is 12.3. The Morgan fingerprint density at radius 2 is 2.30 bits per heavy atom. The average Bonchev–Trinajstić information content (AvgIpc) is 2.61. The molecule has 1 aromatic rings. The van der Waals surface area contributed by atoms with E-state index in [0.717, 1.165) is 18.8 Å². The summed E-state index contributed by atoms with van der Waals surface area (Å²) in [4.78, 5) is 20.9. The van der Waals surface area contributed by atoms with Gasteiger partial charge in [0, 0.05) is 32.4 Å². The Balaban J connectivity index is 1.77. The minimum absolute atomic E-state index is 0.0328. The second-order valence-corrected chi connectivity index (χ2v) is 6.37. The number of hydrogen-bond donors (Lipinski definition) is 1. The summed E-state index contributed by atoms with van der Waals surface area (Å²) < 4.78 is 0. The Labute approximate surface area is 140 Å². The second kappa shape index (κ2) is 8.87. The van der Waals surface area contributed by atoms with E-state index in [-0.39, 0.29) is 12.1 Å². The number of nitrogens with one attached hydrogen (secondary N) is 1. The van der Waals surface area contributed by atoms with Crippen LogP contribution in [0.3, 0.4) is 0 Å². The lowest BCUT2D eigenvalue weighted by Gasteiger charge is -2.35. The number of urea groups is 1. The highest BCUT2D eigenvalue weighted by atomic mass is 16.2. The van der Waals surface area contributed by atoms with Gasteiger partial charge < -0.3 is 10.2 Å². The normalized spacial score (nSPS) is 20.0. The summed E-state index contributed by atoms with van der Waals surface area (Å²) in [6, 6.07) is 6.41. The van der Waals surface area contributed by atoms with Gasteiger partial charge in [-0.2, -0.15) is 0 Å². The minimum atomic E-state index is -0.0341. The van der Waals surface area contributed by atoms with Crippen molar-refractivity contribution in [3.8, 4) is 0 Å². The van der Waals surface area contributed by atoms with Crippen LogP contribution in [0.5, 0.6) is 0 Å². The molecule has 1 N–H and O–H groups in total. The fourth-order valence-corrected chi connectivity index (χ4v) is 3.25. The van der Waals surface area contributed by atoms with E-state index in [1.165, 1.54) is 25.7 Å². The molecule has 0 saturated carbocycles. The predicted molar refractivity (Wildman–Crippen MR) is 93.3 cm³/mol. The molecule has 1 aliphatic heterocycles. The molecule has 0 spiro atoms. The third-order valence-electron chi connectivity index (χ3n) is 4.91. The molecule has 1 aliphatic rings. The number of rotatable bonds is 6. The van der Waals surface area contributed by atoms with Crippen molar-refractivity contribution in [3.05, 3.63) is 30.1 Å². The number of hydrogen-bond acceptors (Lipinski definition) is 3. The number of nitrogens with zero attached hydrogens (tertiary/aromatic N) is 3. The van der Waals surface area contributed by atoms with Gasteiger partial charge >= 0.3 is 6.03 Å². The van der Waals surface area contributed by atoms with E-state index in [4.69, 9.17) is 0 Å². The zero-order chi connectivity index (χ0) is 16.7. The van der Waals surface area contributed by atoms with Gasteiger partial charge in [-0.25, -0.2) is 4.79 Å².